The molecule has 1 aliphatic heterocycles. The fourth-order valence-electron chi connectivity index (χ4n) is 1.97. The summed E-state index contributed by atoms with van der Waals surface area (Å²) in [7, 11) is 1.41. The highest BCUT2D eigenvalue weighted by atomic mass is 16.5. The molecule has 19 heavy (non-hydrogen) atoms. The number of nitrogens with one attached hydrogen (secondary N) is 2. The van der Waals surface area contributed by atoms with Crippen LogP contribution in [0.2, 0.25) is 0 Å². The van der Waals surface area contributed by atoms with Crippen molar-refractivity contribution in [3.8, 4) is 11.5 Å². The average molecular weight is 264 g/mol. The van der Waals surface area contributed by atoms with E-state index in [1.54, 1.807) is 0 Å². The van der Waals surface area contributed by atoms with Crippen LogP contribution in [0.4, 0.5) is 0 Å². The molecule has 1 aliphatic rings. The molecule has 0 aliphatic carbocycles. The minimum absolute atomic E-state index is 0.0329. The number of rotatable bonds is 3. The highest BCUT2D eigenvalue weighted by molar-refractivity contribution is 5.98. The van der Waals surface area contributed by atoms with Crippen LogP contribution in [0, 0.1) is 0 Å². The van der Waals surface area contributed by atoms with Crippen molar-refractivity contribution in [3.63, 3.8) is 0 Å². The van der Waals surface area contributed by atoms with Crippen LogP contribution in [-0.2, 0) is 4.79 Å². The normalized spacial score (nSPS) is 18.6. The summed E-state index contributed by atoms with van der Waals surface area (Å²) in [6.07, 6.45) is 1.47. The molecular weight excluding hydrogens is 248 g/mol. The molecule has 0 spiro atoms. The second-order valence-corrected chi connectivity index (χ2v) is 4.35. The molecule has 1 aromatic rings. The van der Waals surface area contributed by atoms with Gasteiger partial charge in [0.05, 0.1) is 7.11 Å². The molecule has 0 saturated carbocycles. The zero-order valence-corrected chi connectivity index (χ0v) is 10.6. The molecule has 1 heterocycles. The summed E-state index contributed by atoms with van der Waals surface area (Å²) in [5.41, 5.74) is 0.341. The van der Waals surface area contributed by atoms with Crippen molar-refractivity contribution in [2.24, 2.45) is 0 Å². The summed E-state index contributed by atoms with van der Waals surface area (Å²) in [5, 5.41) is 14.8. The van der Waals surface area contributed by atoms with Gasteiger partial charge in [0.1, 0.15) is 6.04 Å². The SMILES string of the molecule is COc1cc(C(=O)NC2CCCNC2=O)ccc1O. The molecular formula is C13H16N2O4. The summed E-state index contributed by atoms with van der Waals surface area (Å²) in [6, 6.07) is 3.80. The van der Waals surface area contributed by atoms with E-state index in [0.29, 0.717) is 18.5 Å². The predicted octanol–water partition coefficient (Wildman–Crippen LogP) is 0.409. The Bertz CT molecular complexity index is 501. The Kier molecular flexibility index (Phi) is 3.89. The molecule has 3 N–H and O–H groups in total. The van der Waals surface area contributed by atoms with Crippen LogP contribution in [0.1, 0.15) is 23.2 Å². The zero-order chi connectivity index (χ0) is 13.8. The minimum Gasteiger partial charge on any atom is -0.504 e. The number of carbonyl (C=O) groups excluding carboxylic acids is 2. The number of phenols is 1. The van der Waals surface area contributed by atoms with Gasteiger partial charge >= 0.3 is 0 Å². The number of methoxy groups -OCH3 is 1. The maximum absolute atomic E-state index is 12.0. The van der Waals surface area contributed by atoms with Gasteiger partial charge in [0.2, 0.25) is 5.91 Å². The lowest BCUT2D eigenvalue weighted by Gasteiger charge is -2.22. The van der Waals surface area contributed by atoms with Crippen molar-refractivity contribution in [2.75, 3.05) is 13.7 Å². The van der Waals surface area contributed by atoms with Crippen molar-refractivity contribution >= 4 is 11.8 Å². The summed E-state index contributed by atoms with van der Waals surface area (Å²) >= 11 is 0. The summed E-state index contributed by atoms with van der Waals surface area (Å²) < 4.78 is 4.94. The number of ether oxygens (including phenoxy) is 1. The zero-order valence-electron chi connectivity index (χ0n) is 10.6. The molecule has 1 aromatic carbocycles. The number of aromatic hydroxyl groups is 1. The molecule has 1 fully saturated rings. The Morgan fingerprint density at radius 2 is 2.32 bits per heavy atom. The van der Waals surface area contributed by atoms with Gasteiger partial charge in [-0.05, 0) is 31.0 Å². The van der Waals surface area contributed by atoms with Gasteiger partial charge in [-0.2, -0.15) is 0 Å². The number of phenolic OH excluding ortho intramolecular Hbond substituents is 1. The van der Waals surface area contributed by atoms with E-state index in [0.717, 1.165) is 6.42 Å². The number of hydrogen-bond donors (Lipinski definition) is 3. The van der Waals surface area contributed by atoms with E-state index in [-0.39, 0.29) is 23.3 Å². The van der Waals surface area contributed by atoms with E-state index < -0.39 is 6.04 Å². The van der Waals surface area contributed by atoms with E-state index in [9.17, 15) is 14.7 Å². The second-order valence-electron chi connectivity index (χ2n) is 4.35. The fraction of sp³-hybridized carbons (Fsp3) is 0.385. The third-order valence-corrected chi connectivity index (χ3v) is 3.03. The molecule has 1 saturated heterocycles. The van der Waals surface area contributed by atoms with Crippen molar-refractivity contribution in [2.45, 2.75) is 18.9 Å². The van der Waals surface area contributed by atoms with Crippen LogP contribution in [0.5, 0.6) is 11.5 Å². The standard InChI is InChI=1S/C13H16N2O4/c1-19-11-7-8(4-5-10(11)16)12(17)15-9-3-2-6-14-13(9)18/h4-5,7,9,16H,2-3,6H2,1H3,(H,14,18)(H,15,17). The van der Waals surface area contributed by atoms with Gasteiger partial charge in [0.25, 0.3) is 5.91 Å². The predicted molar refractivity (Wildman–Crippen MR) is 68.2 cm³/mol. The van der Waals surface area contributed by atoms with Crippen LogP contribution in [0.25, 0.3) is 0 Å². The van der Waals surface area contributed by atoms with Crippen LogP contribution in [0.3, 0.4) is 0 Å². The lowest BCUT2D eigenvalue weighted by atomic mass is 10.1. The maximum Gasteiger partial charge on any atom is 0.252 e. The fourth-order valence-corrected chi connectivity index (χ4v) is 1.97. The Hall–Kier alpha value is -2.24. The van der Waals surface area contributed by atoms with E-state index in [1.807, 2.05) is 0 Å². The van der Waals surface area contributed by atoms with E-state index >= 15 is 0 Å². The maximum atomic E-state index is 12.0. The number of carbonyl (C=O) groups is 2. The molecule has 102 valence electrons. The van der Waals surface area contributed by atoms with Crippen LogP contribution >= 0.6 is 0 Å². The van der Waals surface area contributed by atoms with E-state index in [2.05, 4.69) is 10.6 Å². The van der Waals surface area contributed by atoms with Gasteiger partial charge in [-0.25, -0.2) is 0 Å². The molecule has 0 aromatic heterocycles. The van der Waals surface area contributed by atoms with Crippen molar-refractivity contribution < 1.29 is 19.4 Å². The number of benzene rings is 1. The quantitative estimate of drug-likeness (QED) is 0.738. The first-order chi connectivity index (χ1) is 9.11. The van der Waals surface area contributed by atoms with Crippen LogP contribution in [0.15, 0.2) is 18.2 Å². The average Bonchev–Trinajstić information content (AvgIpc) is 2.42. The Balaban J connectivity index is 2.09. The van der Waals surface area contributed by atoms with Gasteiger partial charge in [-0.1, -0.05) is 0 Å². The van der Waals surface area contributed by atoms with Gasteiger partial charge in [0, 0.05) is 12.1 Å². The van der Waals surface area contributed by atoms with Gasteiger partial charge in [-0.15, -0.1) is 0 Å². The third kappa shape index (κ3) is 2.96. The lowest BCUT2D eigenvalue weighted by molar-refractivity contribution is -0.124. The first-order valence-corrected chi connectivity index (χ1v) is 6.07. The molecule has 6 heteroatoms. The van der Waals surface area contributed by atoms with Gasteiger partial charge in [0.15, 0.2) is 11.5 Å². The van der Waals surface area contributed by atoms with Crippen LogP contribution < -0.4 is 15.4 Å². The topological polar surface area (TPSA) is 87.7 Å². The Morgan fingerprint density at radius 1 is 1.53 bits per heavy atom. The summed E-state index contributed by atoms with van der Waals surface area (Å²) in [6.45, 7) is 0.651. The van der Waals surface area contributed by atoms with Crippen molar-refractivity contribution in [1.82, 2.24) is 10.6 Å². The molecule has 6 nitrogen and oxygen atoms in total. The van der Waals surface area contributed by atoms with E-state index in [4.69, 9.17) is 4.74 Å². The monoisotopic (exact) mass is 264 g/mol. The number of hydrogen-bond acceptors (Lipinski definition) is 4. The Morgan fingerprint density at radius 3 is 3.00 bits per heavy atom. The van der Waals surface area contributed by atoms with Gasteiger partial charge in [-0.3, -0.25) is 9.59 Å². The van der Waals surface area contributed by atoms with Crippen LogP contribution in [-0.4, -0.2) is 36.6 Å². The molecule has 0 bridgehead atoms. The summed E-state index contributed by atoms with van der Waals surface area (Å²) in [5.74, 6) is -0.333. The molecule has 1 unspecified atom stereocenters. The number of piperidine rings is 1. The highest BCUT2D eigenvalue weighted by Gasteiger charge is 2.24. The Labute approximate surface area is 110 Å². The second kappa shape index (κ2) is 5.60. The smallest absolute Gasteiger partial charge is 0.252 e. The largest absolute Gasteiger partial charge is 0.504 e. The van der Waals surface area contributed by atoms with Crippen molar-refractivity contribution in [1.29, 1.82) is 0 Å². The summed E-state index contributed by atoms with van der Waals surface area (Å²) in [4.78, 5) is 23.6. The van der Waals surface area contributed by atoms with E-state index in [1.165, 1.54) is 25.3 Å². The molecule has 2 amide bonds. The highest BCUT2D eigenvalue weighted by Crippen LogP contribution is 2.26. The molecule has 0 radical (unpaired) electrons. The molecule has 2 rings (SSSR count). The molecule has 1 atom stereocenters. The van der Waals surface area contributed by atoms with Crippen molar-refractivity contribution in [3.05, 3.63) is 23.8 Å². The van der Waals surface area contributed by atoms with Gasteiger partial charge < -0.3 is 20.5 Å². The third-order valence-electron chi connectivity index (χ3n) is 3.03. The minimum atomic E-state index is -0.499. The first kappa shape index (κ1) is 13.2. The first-order valence-electron chi connectivity index (χ1n) is 6.07. The lowest BCUT2D eigenvalue weighted by Crippen LogP contribution is -2.50. The number of amides is 2.